The molecule has 3 saturated carbocycles. The van der Waals surface area contributed by atoms with Crippen LogP contribution in [0.5, 0.6) is 0 Å². The molecule has 7 unspecified atom stereocenters. The van der Waals surface area contributed by atoms with Gasteiger partial charge in [0, 0.05) is 35.2 Å². The first-order chi connectivity index (χ1) is 14.3. The maximum atomic E-state index is 11.6. The van der Waals surface area contributed by atoms with Crippen LogP contribution in [0, 0.1) is 27.6 Å². The van der Waals surface area contributed by atoms with Crippen molar-refractivity contribution >= 4 is 5.57 Å². The number of fused-ring (bicyclic) bond motifs is 2. The van der Waals surface area contributed by atoms with Crippen molar-refractivity contribution in [2.45, 2.75) is 71.0 Å². The third kappa shape index (κ3) is 1.94. The molecule has 5 aliphatic carbocycles. The van der Waals surface area contributed by atoms with Crippen molar-refractivity contribution in [3.05, 3.63) is 47.5 Å². The van der Waals surface area contributed by atoms with Crippen LogP contribution < -0.4 is 0 Å². The Labute approximate surface area is 179 Å². The number of allylic oxidation sites excluding steroid dienone is 2. The van der Waals surface area contributed by atoms with Gasteiger partial charge in [-0.25, -0.2) is 0 Å². The number of ether oxygens (including phenoxy) is 1. The fourth-order valence-electron chi connectivity index (χ4n) is 8.86. The highest BCUT2D eigenvalue weighted by Gasteiger charge is 2.84. The predicted molar refractivity (Wildman–Crippen MR) is 115 cm³/mol. The molecule has 7 atom stereocenters. The maximum absolute atomic E-state index is 11.6. The van der Waals surface area contributed by atoms with Crippen LogP contribution in [0.2, 0.25) is 0 Å². The molecule has 1 aromatic heterocycles. The highest BCUT2D eigenvalue weighted by atomic mass is 16.5. The van der Waals surface area contributed by atoms with E-state index in [4.69, 9.17) is 4.74 Å². The van der Waals surface area contributed by atoms with E-state index >= 15 is 0 Å². The molecule has 6 rings (SSSR count). The molecule has 0 saturated heterocycles. The van der Waals surface area contributed by atoms with Crippen LogP contribution >= 0.6 is 0 Å². The number of aliphatic hydroxyl groups is 2. The van der Waals surface area contributed by atoms with Crippen molar-refractivity contribution in [2.75, 3.05) is 7.11 Å². The summed E-state index contributed by atoms with van der Waals surface area (Å²) in [6.45, 7) is 4.84. The Kier molecular flexibility index (Phi) is 3.67. The Morgan fingerprint density at radius 3 is 2.70 bits per heavy atom. The van der Waals surface area contributed by atoms with Crippen molar-refractivity contribution in [2.24, 2.45) is 27.6 Å². The van der Waals surface area contributed by atoms with Crippen LogP contribution in [-0.2, 0) is 4.74 Å². The first-order valence-electron chi connectivity index (χ1n) is 11.6. The van der Waals surface area contributed by atoms with E-state index in [1.54, 1.807) is 7.11 Å². The number of aliphatic hydroxyl groups excluding tert-OH is 2. The van der Waals surface area contributed by atoms with Gasteiger partial charge in [0.05, 0.1) is 19.3 Å². The summed E-state index contributed by atoms with van der Waals surface area (Å²) in [5.41, 5.74) is 3.98. The van der Waals surface area contributed by atoms with E-state index in [9.17, 15) is 10.2 Å². The number of hydrogen-bond acceptors (Lipinski definition) is 4. The molecule has 0 spiro atoms. The van der Waals surface area contributed by atoms with Gasteiger partial charge in [0.25, 0.3) is 0 Å². The Bertz CT molecular complexity index is 970. The number of nitrogens with zero attached hydrogens (tertiary/aromatic N) is 1. The molecule has 0 radical (unpaired) electrons. The third-order valence-corrected chi connectivity index (χ3v) is 10.3. The molecule has 1 heterocycles. The highest BCUT2D eigenvalue weighted by molar-refractivity contribution is 5.75. The lowest BCUT2D eigenvalue weighted by atomic mass is 9.46. The van der Waals surface area contributed by atoms with Gasteiger partial charge < -0.3 is 14.9 Å². The van der Waals surface area contributed by atoms with Crippen LogP contribution in [0.1, 0.15) is 64.4 Å². The molecule has 30 heavy (non-hydrogen) atoms. The van der Waals surface area contributed by atoms with E-state index < -0.39 is 6.10 Å². The summed E-state index contributed by atoms with van der Waals surface area (Å²) in [5.74, 6) is 1.46. The lowest BCUT2D eigenvalue weighted by Crippen LogP contribution is -2.54. The fourth-order valence-corrected chi connectivity index (χ4v) is 8.86. The van der Waals surface area contributed by atoms with E-state index in [2.05, 4.69) is 31.0 Å². The molecule has 0 aromatic carbocycles. The van der Waals surface area contributed by atoms with Crippen molar-refractivity contribution in [1.82, 2.24) is 4.98 Å². The number of hydrogen-bond donors (Lipinski definition) is 2. The molecule has 1 aromatic rings. The quantitative estimate of drug-likeness (QED) is 0.709. The molecule has 4 heteroatoms. The molecule has 0 bridgehead atoms. The summed E-state index contributed by atoms with van der Waals surface area (Å²) < 4.78 is 5.98. The SMILES string of the molecule is COC1=C(c2cccnc2)C2(C)CCC34CC3(C(O)C=C3CC(O)CCC34C)C2C1. The van der Waals surface area contributed by atoms with Crippen molar-refractivity contribution < 1.29 is 14.9 Å². The third-order valence-electron chi connectivity index (χ3n) is 10.3. The standard InChI is InChI=1S/C26H33NO3/c1-23-8-9-25-15-26(25,21(29)12-17-11-18(28)6-7-24(17,25)2)20(23)13-19(30-3)22(23)16-5-4-10-27-14-16/h4-5,10,12,14,18,20-21,28-29H,6-9,11,13,15H2,1-3H3. The van der Waals surface area contributed by atoms with E-state index in [0.717, 1.165) is 56.3 Å². The zero-order valence-electron chi connectivity index (χ0n) is 18.3. The Morgan fingerprint density at radius 1 is 1.13 bits per heavy atom. The van der Waals surface area contributed by atoms with E-state index in [0.29, 0.717) is 5.92 Å². The molecule has 0 amide bonds. The van der Waals surface area contributed by atoms with Crippen molar-refractivity contribution in [1.29, 1.82) is 0 Å². The largest absolute Gasteiger partial charge is 0.501 e. The molecule has 160 valence electrons. The van der Waals surface area contributed by atoms with Crippen LogP contribution in [0.3, 0.4) is 0 Å². The monoisotopic (exact) mass is 407 g/mol. The lowest BCUT2D eigenvalue weighted by molar-refractivity contribution is -0.0746. The van der Waals surface area contributed by atoms with Gasteiger partial charge in [-0.15, -0.1) is 0 Å². The molecule has 0 aliphatic heterocycles. The van der Waals surface area contributed by atoms with Crippen LogP contribution in [0.4, 0.5) is 0 Å². The molecular weight excluding hydrogens is 374 g/mol. The lowest BCUT2D eigenvalue weighted by Gasteiger charge is -2.58. The van der Waals surface area contributed by atoms with Crippen LogP contribution in [0.25, 0.3) is 5.57 Å². The summed E-state index contributed by atoms with van der Waals surface area (Å²) in [7, 11) is 1.79. The van der Waals surface area contributed by atoms with Gasteiger partial charge in [0.2, 0.25) is 0 Å². The molecule has 3 fully saturated rings. The van der Waals surface area contributed by atoms with Crippen LogP contribution in [0.15, 0.2) is 41.9 Å². The Hall–Kier alpha value is -1.65. The van der Waals surface area contributed by atoms with Crippen LogP contribution in [-0.4, -0.2) is 34.5 Å². The first-order valence-corrected chi connectivity index (χ1v) is 11.6. The van der Waals surface area contributed by atoms with Gasteiger partial charge in [-0.1, -0.05) is 31.6 Å². The van der Waals surface area contributed by atoms with Gasteiger partial charge in [0.15, 0.2) is 0 Å². The topological polar surface area (TPSA) is 62.6 Å². The van der Waals surface area contributed by atoms with E-state index in [-0.39, 0.29) is 27.8 Å². The van der Waals surface area contributed by atoms with Gasteiger partial charge in [-0.05, 0) is 66.9 Å². The second-order valence-electron chi connectivity index (χ2n) is 11.1. The summed E-state index contributed by atoms with van der Waals surface area (Å²) in [5, 5.41) is 21.9. The summed E-state index contributed by atoms with van der Waals surface area (Å²) in [6.07, 6.45) is 12.2. The summed E-state index contributed by atoms with van der Waals surface area (Å²) in [6, 6.07) is 4.16. The minimum absolute atomic E-state index is 0.00869. The number of rotatable bonds is 2. The zero-order valence-corrected chi connectivity index (χ0v) is 18.3. The molecule has 4 nitrogen and oxygen atoms in total. The normalized spacial score (nSPS) is 48.8. The van der Waals surface area contributed by atoms with E-state index in [1.807, 2.05) is 18.5 Å². The number of pyridine rings is 1. The zero-order chi connectivity index (χ0) is 20.9. The molecule has 5 aliphatic rings. The minimum Gasteiger partial charge on any atom is -0.501 e. The van der Waals surface area contributed by atoms with Crippen molar-refractivity contribution in [3.8, 4) is 0 Å². The average Bonchev–Trinajstić information content (AvgIpc) is 3.37. The maximum Gasteiger partial charge on any atom is 0.100 e. The molecule has 2 N–H and O–H groups in total. The average molecular weight is 408 g/mol. The smallest absolute Gasteiger partial charge is 0.100 e. The fraction of sp³-hybridized carbons (Fsp3) is 0.654. The predicted octanol–water partition coefficient (Wildman–Crippen LogP) is 4.49. The second-order valence-corrected chi connectivity index (χ2v) is 11.1. The number of methoxy groups -OCH3 is 1. The summed E-state index contributed by atoms with van der Waals surface area (Å²) >= 11 is 0. The van der Waals surface area contributed by atoms with Gasteiger partial charge in [-0.3, -0.25) is 4.98 Å². The number of aromatic nitrogens is 1. The Balaban J connectivity index is 1.48. The highest BCUT2D eigenvalue weighted by Crippen LogP contribution is 2.89. The first kappa shape index (κ1) is 19.1. The minimum atomic E-state index is -0.429. The van der Waals surface area contributed by atoms with Gasteiger partial charge in [-0.2, -0.15) is 0 Å². The Morgan fingerprint density at radius 2 is 1.97 bits per heavy atom. The van der Waals surface area contributed by atoms with Crippen molar-refractivity contribution in [3.63, 3.8) is 0 Å². The van der Waals surface area contributed by atoms with Gasteiger partial charge >= 0.3 is 0 Å². The second kappa shape index (κ2) is 5.77. The molecular formula is C26H33NO3. The summed E-state index contributed by atoms with van der Waals surface area (Å²) in [4.78, 5) is 4.39. The van der Waals surface area contributed by atoms with E-state index in [1.165, 1.54) is 11.1 Å². The van der Waals surface area contributed by atoms with Gasteiger partial charge in [0.1, 0.15) is 5.76 Å².